The van der Waals surface area contributed by atoms with Gasteiger partial charge >= 0.3 is 5.69 Å². The maximum atomic E-state index is 13.8. The lowest BCUT2D eigenvalue weighted by molar-refractivity contribution is 0.383. The number of hydrogen-bond donors (Lipinski definition) is 0. The van der Waals surface area contributed by atoms with Crippen LogP contribution < -0.4 is 21.5 Å². The summed E-state index contributed by atoms with van der Waals surface area (Å²) in [5.74, 6) is 0.0984. The Kier molecular flexibility index (Phi) is 8.48. The molecule has 0 fully saturated rings. The number of ether oxygens (including phenoxy) is 1. The summed E-state index contributed by atoms with van der Waals surface area (Å²) in [5, 5.41) is 0. The number of fused-ring (bicyclic) bond motifs is 3. The van der Waals surface area contributed by atoms with Crippen LogP contribution in [-0.2, 0) is 26.1 Å². The molecule has 38 heavy (non-hydrogen) atoms. The molecule has 9 nitrogen and oxygen atoms in total. The third-order valence-corrected chi connectivity index (χ3v) is 6.91. The van der Waals surface area contributed by atoms with Crippen molar-refractivity contribution < 1.29 is 9.13 Å². The predicted octanol–water partition coefficient (Wildman–Crippen LogP) is 4.11. The summed E-state index contributed by atoms with van der Waals surface area (Å²) in [4.78, 5) is 45.9. The second-order valence-corrected chi connectivity index (χ2v) is 9.63. The molecule has 0 aliphatic rings. The zero-order valence-corrected chi connectivity index (χ0v) is 22.6. The van der Waals surface area contributed by atoms with Crippen molar-refractivity contribution in [2.45, 2.75) is 85.4 Å². The van der Waals surface area contributed by atoms with E-state index in [4.69, 9.17) is 9.72 Å². The maximum Gasteiger partial charge on any atom is 0.332 e. The molecule has 0 bridgehead atoms. The molecule has 0 saturated heterocycles. The van der Waals surface area contributed by atoms with Crippen LogP contribution in [0.1, 0.15) is 70.4 Å². The molecule has 0 unspecified atom stereocenters. The van der Waals surface area contributed by atoms with Crippen molar-refractivity contribution in [2.24, 2.45) is 0 Å². The van der Waals surface area contributed by atoms with Crippen molar-refractivity contribution in [3.05, 3.63) is 72.4 Å². The lowest BCUT2D eigenvalue weighted by Crippen LogP contribution is -2.40. The van der Waals surface area contributed by atoms with Gasteiger partial charge < -0.3 is 4.74 Å². The van der Waals surface area contributed by atoms with E-state index < -0.39 is 11.2 Å². The van der Waals surface area contributed by atoms with Gasteiger partial charge in [0.05, 0.1) is 19.2 Å². The number of nitrogens with zero attached hydrogens (tertiary/aromatic N) is 5. The Balaban J connectivity index is 2.16. The molecule has 0 amide bonds. The number of benzene rings is 1. The van der Waals surface area contributed by atoms with Crippen LogP contribution in [0, 0.1) is 5.82 Å². The maximum absolute atomic E-state index is 13.8. The van der Waals surface area contributed by atoms with Crippen molar-refractivity contribution in [2.75, 3.05) is 7.11 Å². The fourth-order valence-electron chi connectivity index (χ4n) is 4.81. The van der Waals surface area contributed by atoms with Gasteiger partial charge in [0, 0.05) is 13.1 Å². The van der Waals surface area contributed by atoms with E-state index in [1.165, 1.54) is 28.4 Å². The number of imidazole rings is 1. The number of hydrogen-bond acceptors (Lipinski definition) is 5. The predicted molar refractivity (Wildman–Crippen MR) is 146 cm³/mol. The molecule has 0 atom stereocenters. The van der Waals surface area contributed by atoms with Crippen LogP contribution in [-0.4, -0.2) is 30.2 Å². The molecular formula is C28H36FN5O4. The average Bonchev–Trinajstić information content (AvgIpc) is 3.30. The first-order chi connectivity index (χ1) is 18.4. The number of aryl methyl sites for hydroxylation is 1. The standard InChI is InChI=1S/C28H36FN5O4/c1-5-8-11-21-24(35)33(18-19-12-14-20(29)15-13-19)27-30-23-22(34(27)26(21)38-4)25(36)32(17-10-7-3)28(37)31(23)16-9-6-2/h12-15H,5-11,16-18H2,1-4H3. The normalized spacial score (nSPS) is 11.6. The molecule has 4 aromatic rings. The summed E-state index contributed by atoms with van der Waals surface area (Å²) < 4.78 is 25.3. The van der Waals surface area contributed by atoms with Crippen LogP contribution in [0.15, 0.2) is 38.6 Å². The Morgan fingerprint density at radius 3 is 2.08 bits per heavy atom. The topological polar surface area (TPSA) is 92.5 Å². The van der Waals surface area contributed by atoms with E-state index in [9.17, 15) is 18.8 Å². The average molecular weight is 526 g/mol. The van der Waals surface area contributed by atoms with Crippen molar-refractivity contribution in [3.63, 3.8) is 0 Å². The van der Waals surface area contributed by atoms with Gasteiger partial charge in [0.15, 0.2) is 11.2 Å². The molecule has 0 saturated carbocycles. The molecule has 10 heteroatoms. The highest BCUT2D eigenvalue weighted by atomic mass is 19.1. The van der Waals surface area contributed by atoms with Crippen molar-refractivity contribution in [1.82, 2.24) is 23.1 Å². The largest absolute Gasteiger partial charge is 0.482 e. The van der Waals surface area contributed by atoms with E-state index in [1.807, 2.05) is 20.8 Å². The summed E-state index contributed by atoms with van der Waals surface area (Å²) in [6.07, 6.45) is 5.17. The SMILES string of the molecule is CCCCc1c(OC)n2c3c(=O)n(CCCC)c(=O)n(CCCC)c3nc2n(Cc2ccc(F)cc2)c1=O. The Morgan fingerprint density at radius 1 is 0.842 bits per heavy atom. The lowest BCUT2D eigenvalue weighted by atomic mass is 10.1. The van der Waals surface area contributed by atoms with E-state index in [0.29, 0.717) is 37.1 Å². The molecule has 0 aliphatic heterocycles. The molecule has 1 aromatic carbocycles. The number of methoxy groups -OCH3 is 1. The fourth-order valence-corrected chi connectivity index (χ4v) is 4.81. The minimum absolute atomic E-state index is 0.123. The van der Waals surface area contributed by atoms with Gasteiger partial charge in [0.25, 0.3) is 11.1 Å². The van der Waals surface area contributed by atoms with E-state index in [-0.39, 0.29) is 40.7 Å². The van der Waals surface area contributed by atoms with E-state index in [0.717, 1.165) is 32.1 Å². The fraction of sp³-hybridized carbons (Fsp3) is 0.500. The van der Waals surface area contributed by atoms with Gasteiger partial charge in [0.1, 0.15) is 5.82 Å². The lowest BCUT2D eigenvalue weighted by Gasteiger charge is -2.16. The highest BCUT2D eigenvalue weighted by Gasteiger charge is 2.26. The molecule has 0 N–H and O–H groups in total. The van der Waals surface area contributed by atoms with Crippen LogP contribution >= 0.6 is 0 Å². The van der Waals surface area contributed by atoms with Crippen LogP contribution in [0.4, 0.5) is 4.39 Å². The third-order valence-electron chi connectivity index (χ3n) is 6.91. The summed E-state index contributed by atoms with van der Waals surface area (Å²) in [6, 6.07) is 5.92. The van der Waals surface area contributed by atoms with Gasteiger partial charge in [-0.05, 0) is 43.4 Å². The van der Waals surface area contributed by atoms with Crippen LogP contribution in [0.3, 0.4) is 0 Å². The summed E-state index contributed by atoms with van der Waals surface area (Å²) in [6.45, 7) is 6.89. The summed E-state index contributed by atoms with van der Waals surface area (Å²) >= 11 is 0. The molecule has 204 valence electrons. The van der Waals surface area contributed by atoms with Gasteiger partial charge in [-0.3, -0.25) is 23.3 Å². The smallest absolute Gasteiger partial charge is 0.332 e. The van der Waals surface area contributed by atoms with Gasteiger partial charge in [-0.2, -0.15) is 4.98 Å². The highest BCUT2D eigenvalue weighted by molar-refractivity contribution is 5.76. The van der Waals surface area contributed by atoms with E-state index in [2.05, 4.69) is 0 Å². The Labute approximate surface area is 220 Å². The number of halogens is 1. The number of unbranched alkanes of at least 4 members (excludes halogenated alkanes) is 3. The van der Waals surface area contributed by atoms with Gasteiger partial charge in [0.2, 0.25) is 11.7 Å². The summed E-state index contributed by atoms with van der Waals surface area (Å²) in [5.41, 5.74) is 0.465. The molecule has 0 aliphatic carbocycles. The quantitative estimate of drug-likeness (QED) is 0.278. The first kappa shape index (κ1) is 27.3. The van der Waals surface area contributed by atoms with Crippen LogP contribution in [0.5, 0.6) is 5.88 Å². The minimum atomic E-state index is -0.453. The van der Waals surface area contributed by atoms with E-state index >= 15 is 0 Å². The van der Waals surface area contributed by atoms with Gasteiger partial charge in [-0.1, -0.05) is 52.2 Å². The zero-order valence-electron chi connectivity index (χ0n) is 22.6. The molecule has 0 spiro atoms. The van der Waals surface area contributed by atoms with Crippen LogP contribution in [0.2, 0.25) is 0 Å². The summed E-state index contributed by atoms with van der Waals surface area (Å²) in [7, 11) is 1.47. The van der Waals surface area contributed by atoms with Gasteiger partial charge in [-0.15, -0.1) is 0 Å². The molecule has 0 radical (unpaired) electrons. The first-order valence-electron chi connectivity index (χ1n) is 13.5. The monoisotopic (exact) mass is 525 g/mol. The Hall–Kier alpha value is -3.69. The molecule has 3 aromatic heterocycles. The zero-order chi connectivity index (χ0) is 27.4. The van der Waals surface area contributed by atoms with Crippen molar-refractivity contribution >= 4 is 16.9 Å². The Bertz CT molecular complexity index is 1610. The molecule has 3 heterocycles. The molecule has 4 rings (SSSR count). The minimum Gasteiger partial charge on any atom is -0.482 e. The Morgan fingerprint density at radius 2 is 1.47 bits per heavy atom. The van der Waals surface area contributed by atoms with E-state index in [1.54, 1.807) is 21.1 Å². The number of rotatable bonds is 12. The van der Waals surface area contributed by atoms with Crippen molar-refractivity contribution in [3.8, 4) is 5.88 Å². The molecular weight excluding hydrogens is 489 g/mol. The first-order valence-corrected chi connectivity index (χ1v) is 13.5. The van der Waals surface area contributed by atoms with Crippen molar-refractivity contribution in [1.29, 1.82) is 0 Å². The van der Waals surface area contributed by atoms with Crippen LogP contribution in [0.25, 0.3) is 16.9 Å². The number of aromatic nitrogens is 5. The second-order valence-electron chi connectivity index (χ2n) is 9.63. The van der Waals surface area contributed by atoms with Gasteiger partial charge in [-0.25, -0.2) is 13.6 Å². The highest BCUT2D eigenvalue weighted by Crippen LogP contribution is 2.24. The third kappa shape index (κ3) is 4.91. The second kappa shape index (κ2) is 11.8.